The second-order valence-corrected chi connectivity index (χ2v) is 5.74. The molecule has 22 heavy (non-hydrogen) atoms. The first-order valence-corrected chi connectivity index (χ1v) is 7.48. The van der Waals surface area contributed by atoms with E-state index in [1.165, 1.54) is 6.08 Å². The molecule has 2 amide bonds. The van der Waals surface area contributed by atoms with Crippen LogP contribution in [0.3, 0.4) is 0 Å². The molecule has 1 aliphatic heterocycles. The van der Waals surface area contributed by atoms with Crippen LogP contribution in [0.1, 0.15) is 5.76 Å². The first kappa shape index (κ1) is 14.7. The number of furan rings is 1. The normalized spacial score (nSPS) is 14.6. The number of thiocarbonyl (C=S) groups is 1. The zero-order valence-corrected chi connectivity index (χ0v) is 13.5. The Morgan fingerprint density at radius 3 is 2.41 bits per heavy atom. The van der Waals surface area contributed by atoms with E-state index in [4.69, 9.17) is 16.6 Å². The third-order valence-corrected chi connectivity index (χ3v) is 3.89. The third kappa shape index (κ3) is 2.86. The van der Waals surface area contributed by atoms with Gasteiger partial charge in [-0.2, -0.15) is 0 Å². The van der Waals surface area contributed by atoms with E-state index in [0.29, 0.717) is 11.5 Å². The van der Waals surface area contributed by atoms with Crippen molar-refractivity contribution in [1.29, 1.82) is 0 Å². The van der Waals surface area contributed by atoms with E-state index in [1.807, 2.05) is 24.3 Å². The SMILES string of the molecule is O=C1NC(=S)NC(=O)C1=Cc1ccc(-c2ccccc2Br)o1. The monoisotopic (exact) mass is 376 g/mol. The Balaban J connectivity index is 1.93. The van der Waals surface area contributed by atoms with Crippen molar-refractivity contribution < 1.29 is 14.0 Å². The van der Waals surface area contributed by atoms with Gasteiger partial charge in [-0.05, 0) is 36.5 Å². The molecule has 0 spiro atoms. The maximum absolute atomic E-state index is 11.8. The third-order valence-electron chi connectivity index (χ3n) is 3.00. The van der Waals surface area contributed by atoms with Gasteiger partial charge in [0.25, 0.3) is 11.8 Å². The summed E-state index contributed by atoms with van der Waals surface area (Å²) in [5.74, 6) is -0.0643. The highest BCUT2D eigenvalue weighted by molar-refractivity contribution is 9.10. The fourth-order valence-corrected chi connectivity index (χ4v) is 2.65. The predicted octanol–water partition coefficient (Wildman–Crippen LogP) is 2.62. The number of amides is 2. The van der Waals surface area contributed by atoms with Crippen LogP contribution in [0.15, 0.2) is 50.9 Å². The van der Waals surface area contributed by atoms with Gasteiger partial charge in [-0.15, -0.1) is 0 Å². The van der Waals surface area contributed by atoms with Crippen molar-refractivity contribution in [2.24, 2.45) is 0 Å². The van der Waals surface area contributed by atoms with Crippen LogP contribution in [0, 0.1) is 0 Å². The van der Waals surface area contributed by atoms with Gasteiger partial charge in [-0.1, -0.05) is 34.1 Å². The number of carbonyl (C=O) groups is 2. The van der Waals surface area contributed by atoms with Crippen LogP contribution in [-0.4, -0.2) is 16.9 Å². The largest absolute Gasteiger partial charge is 0.457 e. The van der Waals surface area contributed by atoms with E-state index in [2.05, 4.69) is 26.6 Å². The number of hydrogen-bond acceptors (Lipinski definition) is 4. The Morgan fingerprint density at radius 2 is 1.73 bits per heavy atom. The number of carbonyl (C=O) groups excluding carboxylic acids is 2. The number of hydrogen-bond donors (Lipinski definition) is 2. The van der Waals surface area contributed by atoms with Crippen LogP contribution in [0.4, 0.5) is 0 Å². The lowest BCUT2D eigenvalue weighted by Crippen LogP contribution is -2.51. The van der Waals surface area contributed by atoms with E-state index in [0.717, 1.165) is 10.0 Å². The Kier molecular flexibility index (Phi) is 3.91. The van der Waals surface area contributed by atoms with Gasteiger partial charge in [0.15, 0.2) is 5.11 Å². The molecule has 0 atom stereocenters. The van der Waals surface area contributed by atoms with Crippen LogP contribution in [0.5, 0.6) is 0 Å². The van der Waals surface area contributed by atoms with Crippen molar-refractivity contribution in [3.63, 3.8) is 0 Å². The summed E-state index contributed by atoms with van der Waals surface area (Å²) in [5.41, 5.74) is 0.826. The molecule has 0 unspecified atom stereocenters. The lowest BCUT2D eigenvalue weighted by atomic mass is 10.1. The topological polar surface area (TPSA) is 71.3 Å². The van der Waals surface area contributed by atoms with E-state index < -0.39 is 11.8 Å². The van der Waals surface area contributed by atoms with E-state index >= 15 is 0 Å². The maximum atomic E-state index is 11.8. The molecule has 2 aromatic rings. The molecular formula is C15H9BrN2O3S. The van der Waals surface area contributed by atoms with Crippen molar-refractivity contribution in [3.05, 3.63) is 52.2 Å². The van der Waals surface area contributed by atoms with Gasteiger partial charge in [0.2, 0.25) is 0 Å². The van der Waals surface area contributed by atoms with Crippen molar-refractivity contribution in [1.82, 2.24) is 10.6 Å². The molecule has 1 aromatic heterocycles. The number of nitrogens with one attached hydrogen (secondary N) is 2. The minimum absolute atomic E-state index is 0.000463. The average molecular weight is 377 g/mol. The predicted molar refractivity (Wildman–Crippen MR) is 88.7 cm³/mol. The Labute approximate surface area is 139 Å². The van der Waals surface area contributed by atoms with Crippen LogP contribution in [0.25, 0.3) is 17.4 Å². The quantitative estimate of drug-likeness (QED) is 0.480. The van der Waals surface area contributed by atoms with Gasteiger partial charge in [0.05, 0.1) is 0 Å². The Morgan fingerprint density at radius 1 is 1.05 bits per heavy atom. The Hall–Kier alpha value is -2.25. The molecule has 110 valence electrons. The second kappa shape index (κ2) is 5.86. The smallest absolute Gasteiger partial charge is 0.263 e. The zero-order chi connectivity index (χ0) is 15.7. The first-order valence-electron chi connectivity index (χ1n) is 6.27. The minimum Gasteiger partial charge on any atom is -0.457 e. The summed E-state index contributed by atoms with van der Waals surface area (Å²) in [6, 6.07) is 11.1. The molecule has 2 N–H and O–H groups in total. The summed E-state index contributed by atoms with van der Waals surface area (Å²) in [5, 5.41) is 4.74. The van der Waals surface area contributed by atoms with Crippen LogP contribution >= 0.6 is 28.1 Å². The second-order valence-electron chi connectivity index (χ2n) is 4.48. The van der Waals surface area contributed by atoms with Gasteiger partial charge < -0.3 is 4.42 Å². The summed E-state index contributed by atoms with van der Waals surface area (Å²) in [6.45, 7) is 0. The lowest BCUT2D eigenvalue weighted by Gasteiger charge is -2.15. The zero-order valence-electron chi connectivity index (χ0n) is 11.1. The van der Waals surface area contributed by atoms with E-state index in [9.17, 15) is 9.59 Å². The standard InChI is InChI=1S/C15H9BrN2O3S/c16-11-4-2-1-3-9(11)12-6-5-8(21-12)7-10-13(19)17-15(22)18-14(10)20/h1-7H,(H2,17,18,19,20,22). The fourth-order valence-electron chi connectivity index (χ4n) is 1.98. The molecule has 1 aliphatic rings. The molecule has 0 saturated carbocycles. The van der Waals surface area contributed by atoms with Crippen LogP contribution in [-0.2, 0) is 9.59 Å². The number of rotatable bonds is 2. The molecule has 5 nitrogen and oxygen atoms in total. The summed E-state index contributed by atoms with van der Waals surface area (Å²) in [7, 11) is 0. The summed E-state index contributed by atoms with van der Waals surface area (Å²) < 4.78 is 6.57. The fraction of sp³-hybridized carbons (Fsp3) is 0. The molecule has 0 radical (unpaired) electrons. The Bertz CT molecular complexity index is 804. The molecule has 0 bridgehead atoms. The lowest BCUT2D eigenvalue weighted by molar-refractivity contribution is -0.123. The molecule has 1 fully saturated rings. The highest BCUT2D eigenvalue weighted by Crippen LogP contribution is 2.30. The molecule has 1 saturated heterocycles. The number of benzene rings is 1. The summed E-state index contributed by atoms with van der Waals surface area (Å²) in [6.07, 6.45) is 1.38. The summed E-state index contributed by atoms with van der Waals surface area (Å²) in [4.78, 5) is 23.5. The summed E-state index contributed by atoms with van der Waals surface area (Å²) >= 11 is 8.19. The van der Waals surface area contributed by atoms with Crippen LogP contribution in [0.2, 0.25) is 0 Å². The highest BCUT2D eigenvalue weighted by Gasteiger charge is 2.26. The molecule has 1 aromatic carbocycles. The van der Waals surface area contributed by atoms with Crippen molar-refractivity contribution >= 4 is 51.2 Å². The molecule has 2 heterocycles. The maximum Gasteiger partial charge on any atom is 0.263 e. The van der Waals surface area contributed by atoms with Crippen molar-refractivity contribution in [2.45, 2.75) is 0 Å². The van der Waals surface area contributed by atoms with Crippen molar-refractivity contribution in [3.8, 4) is 11.3 Å². The van der Waals surface area contributed by atoms with Gasteiger partial charge in [0.1, 0.15) is 17.1 Å². The average Bonchev–Trinajstić information content (AvgIpc) is 2.92. The van der Waals surface area contributed by atoms with Crippen molar-refractivity contribution in [2.75, 3.05) is 0 Å². The molecule has 3 rings (SSSR count). The first-order chi connectivity index (χ1) is 10.5. The minimum atomic E-state index is -0.549. The van der Waals surface area contributed by atoms with Crippen LogP contribution < -0.4 is 10.6 Å². The van der Waals surface area contributed by atoms with Gasteiger partial charge in [-0.25, -0.2) is 0 Å². The van der Waals surface area contributed by atoms with Gasteiger partial charge in [-0.3, -0.25) is 20.2 Å². The molecular weight excluding hydrogens is 368 g/mol. The van der Waals surface area contributed by atoms with E-state index in [-0.39, 0.29) is 10.7 Å². The van der Waals surface area contributed by atoms with Gasteiger partial charge in [0, 0.05) is 10.0 Å². The highest BCUT2D eigenvalue weighted by atomic mass is 79.9. The number of halogens is 1. The molecule has 7 heteroatoms. The van der Waals surface area contributed by atoms with Gasteiger partial charge >= 0.3 is 0 Å². The van der Waals surface area contributed by atoms with E-state index in [1.54, 1.807) is 12.1 Å². The molecule has 0 aliphatic carbocycles.